The number of ether oxygens (including phenoxy) is 3. The van der Waals surface area contributed by atoms with E-state index in [-0.39, 0.29) is 38.4 Å². The van der Waals surface area contributed by atoms with Crippen molar-refractivity contribution in [1.29, 1.82) is 0 Å². The summed E-state index contributed by atoms with van der Waals surface area (Å²) in [7, 11) is 4.01. The molecule has 3 aromatic carbocycles. The summed E-state index contributed by atoms with van der Waals surface area (Å²) in [6, 6.07) is 10.1. The van der Waals surface area contributed by atoms with Crippen molar-refractivity contribution in [3.8, 4) is 17.2 Å². The molecule has 1 saturated heterocycles. The molecule has 1 aliphatic rings. The van der Waals surface area contributed by atoms with Gasteiger partial charge in [-0.2, -0.15) is 13.2 Å². The van der Waals surface area contributed by atoms with Crippen molar-refractivity contribution in [1.82, 2.24) is 0 Å². The second-order valence-electron chi connectivity index (χ2n) is 8.28. The van der Waals surface area contributed by atoms with Crippen molar-refractivity contribution in [2.45, 2.75) is 12.2 Å². The van der Waals surface area contributed by atoms with Crippen LogP contribution in [0, 0.1) is 0 Å². The molecule has 4 rings (SSSR count). The van der Waals surface area contributed by atoms with Crippen LogP contribution in [0.4, 0.5) is 18.9 Å². The van der Waals surface area contributed by atoms with E-state index >= 15 is 0 Å². The van der Waals surface area contributed by atoms with Crippen LogP contribution in [-0.4, -0.2) is 38.1 Å². The lowest BCUT2D eigenvalue weighted by Crippen LogP contribution is -2.29. The Morgan fingerprint density at radius 2 is 1.56 bits per heavy atom. The van der Waals surface area contributed by atoms with Crippen LogP contribution in [0.1, 0.15) is 22.7 Å². The molecule has 0 radical (unpaired) electrons. The van der Waals surface area contributed by atoms with Crippen molar-refractivity contribution < 1.29 is 42.1 Å². The van der Waals surface area contributed by atoms with E-state index in [0.29, 0.717) is 11.3 Å². The minimum absolute atomic E-state index is 0.00488. The van der Waals surface area contributed by atoms with Gasteiger partial charge in [-0.1, -0.05) is 35.3 Å². The SMILES string of the molecule is COc1cccc(C2/C(=C(\O)c3cc(Cl)c(OC)c(Cl)c3OC)C(=O)C(=O)N2c2ccc(C(F)(F)F)cc2)c1. The van der Waals surface area contributed by atoms with Gasteiger partial charge >= 0.3 is 6.18 Å². The molecule has 1 atom stereocenters. The van der Waals surface area contributed by atoms with Crippen molar-refractivity contribution in [2.24, 2.45) is 0 Å². The Morgan fingerprint density at radius 1 is 0.923 bits per heavy atom. The van der Waals surface area contributed by atoms with Crippen molar-refractivity contribution in [3.63, 3.8) is 0 Å². The molecule has 0 aromatic heterocycles. The third-order valence-electron chi connectivity index (χ3n) is 6.12. The fourth-order valence-electron chi connectivity index (χ4n) is 4.33. The predicted octanol–water partition coefficient (Wildman–Crippen LogP) is 6.66. The third-order valence-corrected chi connectivity index (χ3v) is 6.75. The minimum Gasteiger partial charge on any atom is -0.507 e. The molecule has 1 unspecified atom stereocenters. The Kier molecular flexibility index (Phi) is 7.72. The van der Waals surface area contributed by atoms with Gasteiger partial charge in [0, 0.05) is 5.69 Å². The summed E-state index contributed by atoms with van der Waals surface area (Å²) in [6.07, 6.45) is -4.61. The van der Waals surface area contributed by atoms with Gasteiger partial charge in [-0.3, -0.25) is 14.5 Å². The number of ketones is 1. The maximum atomic E-state index is 13.4. The Hall–Kier alpha value is -3.89. The van der Waals surface area contributed by atoms with E-state index in [1.54, 1.807) is 18.2 Å². The van der Waals surface area contributed by atoms with Gasteiger partial charge in [-0.25, -0.2) is 0 Å². The van der Waals surface area contributed by atoms with Gasteiger partial charge in [-0.05, 0) is 48.0 Å². The lowest BCUT2D eigenvalue weighted by atomic mass is 9.94. The number of carbonyl (C=O) groups excluding carboxylic acids is 2. The average molecular weight is 582 g/mol. The first-order valence-corrected chi connectivity index (χ1v) is 11.9. The second kappa shape index (κ2) is 10.7. The number of carbonyl (C=O) groups is 2. The molecular weight excluding hydrogens is 562 g/mol. The first-order chi connectivity index (χ1) is 18.4. The number of hydrogen-bond acceptors (Lipinski definition) is 6. The number of benzene rings is 3. The van der Waals surface area contributed by atoms with Crippen LogP contribution >= 0.6 is 23.2 Å². The molecule has 3 aromatic rings. The van der Waals surface area contributed by atoms with Crippen molar-refractivity contribution >= 4 is 46.3 Å². The fraction of sp³-hybridized carbons (Fsp3) is 0.185. The van der Waals surface area contributed by atoms with E-state index in [2.05, 4.69) is 0 Å². The monoisotopic (exact) mass is 581 g/mol. The molecule has 7 nitrogen and oxygen atoms in total. The number of Topliss-reactive ketones (excluding diaryl/α,β-unsaturated/α-hetero) is 1. The molecule has 204 valence electrons. The maximum Gasteiger partial charge on any atom is 0.416 e. The highest BCUT2D eigenvalue weighted by atomic mass is 35.5. The highest BCUT2D eigenvalue weighted by molar-refractivity contribution is 6.52. The molecule has 0 saturated carbocycles. The maximum absolute atomic E-state index is 13.4. The summed E-state index contributed by atoms with van der Waals surface area (Å²) in [4.78, 5) is 27.7. The van der Waals surface area contributed by atoms with E-state index in [1.807, 2.05) is 0 Å². The summed E-state index contributed by atoms with van der Waals surface area (Å²) in [5, 5.41) is 11.4. The lowest BCUT2D eigenvalue weighted by molar-refractivity contribution is -0.137. The molecule has 1 aliphatic heterocycles. The molecule has 0 aliphatic carbocycles. The van der Waals surface area contributed by atoms with E-state index in [9.17, 15) is 27.9 Å². The molecule has 12 heteroatoms. The van der Waals surface area contributed by atoms with Gasteiger partial charge < -0.3 is 19.3 Å². The van der Waals surface area contributed by atoms with Gasteiger partial charge in [0.15, 0.2) is 11.5 Å². The zero-order valence-electron chi connectivity index (χ0n) is 20.6. The molecule has 39 heavy (non-hydrogen) atoms. The van der Waals surface area contributed by atoms with Crippen LogP contribution < -0.4 is 19.1 Å². The number of aliphatic hydroxyl groups excluding tert-OH is 1. The molecule has 1 N–H and O–H groups in total. The first-order valence-electron chi connectivity index (χ1n) is 11.2. The van der Waals surface area contributed by atoms with Crippen LogP contribution in [-0.2, 0) is 15.8 Å². The number of alkyl halides is 3. The van der Waals surface area contributed by atoms with Crippen LogP contribution in [0.2, 0.25) is 10.0 Å². The number of rotatable bonds is 6. The number of halogens is 5. The number of hydrogen-bond donors (Lipinski definition) is 1. The highest BCUT2D eigenvalue weighted by Crippen LogP contribution is 2.48. The minimum atomic E-state index is -4.61. The van der Waals surface area contributed by atoms with Crippen LogP contribution in [0.25, 0.3) is 5.76 Å². The van der Waals surface area contributed by atoms with Crippen LogP contribution in [0.5, 0.6) is 17.2 Å². The standard InChI is InChI=1S/C27H20Cl2F3NO6/c1-37-16-6-4-5-13(11-16)21-19(22(34)17-12-18(28)25(39-3)20(29)24(17)38-2)23(35)26(36)33(21)15-9-7-14(8-10-15)27(30,31)32/h4-12,21,34H,1-3H3/b22-19+. The molecule has 0 bridgehead atoms. The first kappa shape index (κ1) is 28.1. The fourth-order valence-corrected chi connectivity index (χ4v) is 5.02. The van der Waals surface area contributed by atoms with Crippen LogP contribution in [0.3, 0.4) is 0 Å². The summed E-state index contributed by atoms with van der Waals surface area (Å²) < 4.78 is 55.3. The van der Waals surface area contributed by atoms with Gasteiger partial charge in [-0.15, -0.1) is 0 Å². The number of aliphatic hydroxyl groups is 1. The van der Waals surface area contributed by atoms with Crippen LogP contribution in [0.15, 0.2) is 60.2 Å². The second-order valence-corrected chi connectivity index (χ2v) is 9.06. The topological polar surface area (TPSA) is 85.3 Å². The summed E-state index contributed by atoms with van der Waals surface area (Å²) in [6.45, 7) is 0. The van der Waals surface area contributed by atoms with Gasteiger partial charge in [0.1, 0.15) is 16.5 Å². The smallest absolute Gasteiger partial charge is 0.416 e. The average Bonchev–Trinajstić information content (AvgIpc) is 3.18. The van der Waals surface area contributed by atoms with E-state index in [1.165, 1.54) is 33.5 Å². The quantitative estimate of drug-likeness (QED) is 0.199. The molecule has 1 fully saturated rings. The Morgan fingerprint density at radius 3 is 2.13 bits per heavy atom. The molecule has 1 heterocycles. The van der Waals surface area contributed by atoms with Gasteiger partial charge in [0.2, 0.25) is 0 Å². The Balaban J connectivity index is 2.00. The van der Waals surface area contributed by atoms with E-state index < -0.39 is 35.2 Å². The van der Waals surface area contributed by atoms with E-state index in [0.717, 1.165) is 29.2 Å². The number of amides is 1. The molecular formula is C27H20Cl2F3NO6. The summed E-state index contributed by atoms with van der Waals surface area (Å²) in [5.41, 5.74) is -1.09. The normalized spacial score (nSPS) is 16.9. The third kappa shape index (κ3) is 4.97. The van der Waals surface area contributed by atoms with Gasteiger partial charge in [0.25, 0.3) is 11.7 Å². The lowest BCUT2D eigenvalue weighted by Gasteiger charge is -2.26. The zero-order chi connectivity index (χ0) is 28.6. The number of methoxy groups -OCH3 is 3. The van der Waals surface area contributed by atoms with E-state index in [4.69, 9.17) is 37.4 Å². The van der Waals surface area contributed by atoms with Crippen molar-refractivity contribution in [2.75, 3.05) is 26.2 Å². The number of nitrogens with zero attached hydrogens (tertiary/aromatic N) is 1. The highest BCUT2D eigenvalue weighted by Gasteiger charge is 2.47. The summed E-state index contributed by atoms with van der Waals surface area (Å²) in [5.74, 6) is -2.49. The Bertz CT molecular complexity index is 1490. The Labute approximate surface area is 230 Å². The number of anilines is 1. The predicted molar refractivity (Wildman–Crippen MR) is 139 cm³/mol. The molecule has 1 amide bonds. The van der Waals surface area contributed by atoms with Crippen molar-refractivity contribution in [3.05, 3.63) is 86.9 Å². The summed E-state index contributed by atoms with van der Waals surface area (Å²) >= 11 is 12.6. The zero-order valence-corrected chi connectivity index (χ0v) is 22.1. The molecule has 0 spiro atoms. The van der Waals surface area contributed by atoms with Gasteiger partial charge in [0.05, 0.1) is 49.1 Å². The largest absolute Gasteiger partial charge is 0.507 e.